The Kier molecular flexibility index (Phi) is 5.62. The highest BCUT2D eigenvalue weighted by atomic mass is 35.5. The van der Waals surface area contributed by atoms with Crippen LogP contribution in [0.5, 0.6) is 0 Å². The monoisotopic (exact) mass is 307 g/mol. The molecule has 1 unspecified atom stereocenters. The molecule has 2 aromatic rings. The third kappa shape index (κ3) is 4.46. The molecular weight excluding hydrogens is 286 g/mol. The molecule has 0 aliphatic carbocycles. The molecule has 2 aromatic heterocycles. The molecule has 2 heterocycles. The van der Waals surface area contributed by atoms with Gasteiger partial charge in [0.2, 0.25) is 0 Å². The van der Waals surface area contributed by atoms with E-state index in [-0.39, 0.29) is 6.04 Å². The Hall–Kier alpha value is -1.55. The van der Waals surface area contributed by atoms with Gasteiger partial charge in [0, 0.05) is 24.4 Å². The fourth-order valence-corrected chi connectivity index (χ4v) is 2.31. The topological polar surface area (TPSA) is 51.0 Å². The van der Waals surface area contributed by atoms with Crippen molar-refractivity contribution in [2.75, 3.05) is 5.32 Å². The maximum Gasteiger partial charge on any atom is 0.137 e. The summed E-state index contributed by atoms with van der Waals surface area (Å²) in [6.45, 7) is 6.19. The summed E-state index contributed by atoms with van der Waals surface area (Å²) in [6.07, 6.45) is 5.43. The molecule has 0 aliphatic rings. The van der Waals surface area contributed by atoms with Crippen LogP contribution in [0.15, 0.2) is 22.8 Å². The summed E-state index contributed by atoms with van der Waals surface area (Å²) < 4.78 is 5.35. The number of furan rings is 1. The molecular formula is C16H22ClN3O. The molecule has 21 heavy (non-hydrogen) atoms. The number of halogens is 1. The molecule has 0 aliphatic heterocycles. The van der Waals surface area contributed by atoms with Crippen LogP contribution in [-0.4, -0.2) is 16.0 Å². The lowest BCUT2D eigenvalue weighted by Crippen LogP contribution is -2.18. The molecule has 4 nitrogen and oxygen atoms in total. The van der Waals surface area contributed by atoms with Crippen molar-refractivity contribution in [1.29, 1.82) is 0 Å². The predicted octanol–water partition coefficient (Wildman–Crippen LogP) is 4.42. The van der Waals surface area contributed by atoms with Gasteiger partial charge in [-0.25, -0.2) is 9.97 Å². The number of rotatable bonds is 7. The normalized spacial score (nSPS) is 12.4. The summed E-state index contributed by atoms with van der Waals surface area (Å²) in [5.74, 6) is 2.65. The van der Waals surface area contributed by atoms with Crippen LogP contribution in [0.2, 0.25) is 5.15 Å². The molecule has 0 saturated heterocycles. The van der Waals surface area contributed by atoms with E-state index >= 15 is 0 Å². The first-order valence-electron chi connectivity index (χ1n) is 7.42. The molecule has 5 heteroatoms. The Morgan fingerprint density at radius 1 is 1.33 bits per heavy atom. The lowest BCUT2D eigenvalue weighted by molar-refractivity contribution is 0.494. The zero-order chi connectivity index (χ0) is 15.2. The van der Waals surface area contributed by atoms with Crippen molar-refractivity contribution >= 4 is 17.4 Å². The molecule has 1 atom stereocenters. The molecule has 2 rings (SSSR count). The minimum absolute atomic E-state index is 0.286. The predicted molar refractivity (Wildman–Crippen MR) is 85.9 cm³/mol. The van der Waals surface area contributed by atoms with Crippen LogP contribution in [0.1, 0.15) is 43.8 Å². The van der Waals surface area contributed by atoms with Crippen LogP contribution in [0.25, 0.3) is 0 Å². The standard InChI is InChI=1S/C16H22ClN3O/c1-4-6-14-19-15(17)12(3)16(20-14)18-11(2)8-9-13-7-5-10-21-13/h5,7,10-11H,4,6,8-9H2,1-3H3,(H,18,19,20). The zero-order valence-corrected chi connectivity index (χ0v) is 13.6. The zero-order valence-electron chi connectivity index (χ0n) is 12.8. The van der Waals surface area contributed by atoms with Gasteiger partial charge in [0.1, 0.15) is 22.6 Å². The maximum atomic E-state index is 6.19. The Labute approximate surface area is 130 Å². The van der Waals surface area contributed by atoms with Crippen molar-refractivity contribution in [3.05, 3.63) is 40.7 Å². The minimum Gasteiger partial charge on any atom is -0.469 e. The molecule has 0 amide bonds. The van der Waals surface area contributed by atoms with Gasteiger partial charge in [-0.15, -0.1) is 0 Å². The van der Waals surface area contributed by atoms with E-state index in [1.807, 2.05) is 19.1 Å². The first-order chi connectivity index (χ1) is 10.1. The number of nitrogens with one attached hydrogen (secondary N) is 1. The van der Waals surface area contributed by atoms with Gasteiger partial charge < -0.3 is 9.73 Å². The van der Waals surface area contributed by atoms with Crippen molar-refractivity contribution in [1.82, 2.24) is 9.97 Å². The van der Waals surface area contributed by atoms with E-state index < -0.39 is 0 Å². The molecule has 114 valence electrons. The summed E-state index contributed by atoms with van der Waals surface area (Å²) in [7, 11) is 0. The average molecular weight is 308 g/mol. The van der Waals surface area contributed by atoms with Crippen molar-refractivity contribution in [3.8, 4) is 0 Å². The number of aryl methyl sites for hydroxylation is 2. The van der Waals surface area contributed by atoms with Gasteiger partial charge in [-0.3, -0.25) is 0 Å². The third-order valence-electron chi connectivity index (χ3n) is 3.39. The van der Waals surface area contributed by atoms with Crippen LogP contribution in [-0.2, 0) is 12.8 Å². The van der Waals surface area contributed by atoms with Gasteiger partial charge in [0.15, 0.2) is 0 Å². The number of aromatic nitrogens is 2. The number of hydrogen-bond donors (Lipinski definition) is 1. The van der Waals surface area contributed by atoms with Crippen molar-refractivity contribution in [2.45, 2.75) is 52.5 Å². The Morgan fingerprint density at radius 2 is 2.14 bits per heavy atom. The molecule has 0 saturated carbocycles. The second-order valence-electron chi connectivity index (χ2n) is 5.32. The van der Waals surface area contributed by atoms with Crippen LogP contribution in [0.4, 0.5) is 5.82 Å². The first-order valence-corrected chi connectivity index (χ1v) is 7.80. The summed E-state index contributed by atoms with van der Waals surface area (Å²) >= 11 is 6.19. The van der Waals surface area contributed by atoms with Gasteiger partial charge in [-0.2, -0.15) is 0 Å². The van der Waals surface area contributed by atoms with E-state index in [2.05, 4.69) is 29.1 Å². The third-order valence-corrected chi connectivity index (χ3v) is 3.76. The fourth-order valence-electron chi connectivity index (χ4n) is 2.13. The largest absolute Gasteiger partial charge is 0.469 e. The van der Waals surface area contributed by atoms with E-state index in [0.29, 0.717) is 5.15 Å². The average Bonchev–Trinajstić information content (AvgIpc) is 2.95. The SMILES string of the molecule is CCCc1nc(Cl)c(C)c(NC(C)CCc2ccco2)n1. The highest BCUT2D eigenvalue weighted by Crippen LogP contribution is 2.21. The van der Waals surface area contributed by atoms with Gasteiger partial charge in [-0.05, 0) is 38.8 Å². The Bertz CT molecular complexity index is 569. The lowest BCUT2D eigenvalue weighted by atomic mass is 10.1. The minimum atomic E-state index is 0.286. The van der Waals surface area contributed by atoms with E-state index in [4.69, 9.17) is 16.0 Å². The van der Waals surface area contributed by atoms with Crippen molar-refractivity contribution in [2.24, 2.45) is 0 Å². The van der Waals surface area contributed by atoms with Crippen molar-refractivity contribution in [3.63, 3.8) is 0 Å². The van der Waals surface area contributed by atoms with E-state index in [9.17, 15) is 0 Å². The quantitative estimate of drug-likeness (QED) is 0.769. The van der Waals surface area contributed by atoms with Gasteiger partial charge in [-0.1, -0.05) is 18.5 Å². The maximum absolute atomic E-state index is 6.19. The molecule has 0 radical (unpaired) electrons. The highest BCUT2D eigenvalue weighted by Gasteiger charge is 2.12. The van der Waals surface area contributed by atoms with E-state index in [1.165, 1.54) is 0 Å². The van der Waals surface area contributed by atoms with Gasteiger partial charge in [0.25, 0.3) is 0 Å². The second-order valence-corrected chi connectivity index (χ2v) is 5.68. The van der Waals surface area contributed by atoms with Crippen LogP contribution >= 0.6 is 11.6 Å². The van der Waals surface area contributed by atoms with Crippen molar-refractivity contribution < 1.29 is 4.42 Å². The Balaban J connectivity index is 2.00. The summed E-state index contributed by atoms with van der Waals surface area (Å²) in [6, 6.07) is 4.20. The van der Waals surface area contributed by atoms with Gasteiger partial charge in [0.05, 0.1) is 6.26 Å². The molecule has 0 fully saturated rings. The molecule has 0 spiro atoms. The first kappa shape index (κ1) is 15.8. The summed E-state index contributed by atoms with van der Waals surface area (Å²) in [4.78, 5) is 8.89. The van der Waals surface area contributed by atoms with E-state index in [0.717, 1.165) is 48.6 Å². The Morgan fingerprint density at radius 3 is 2.81 bits per heavy atom. The van der Waals surface area contributed by atoms with E-state index in [1.54, 1.807) is 6.26 Å². The molecule has 0 bridgehead atoms. The summed E-state index contributed by atoms with van der Waals surface area (Å²) in [5.41, 5.74) is 0.904. The van der Waals surface area contributed by atoms with Crippen LogP contribution < -0.4 is 5.32 Å². The fraction of sp³-hybridized carbons (Fsp3) is 0.500. The number of anilines is 1. The smallest absolute Gasteiger partial charge is 0.137 e. The van der Waals surface area contributed by atoms with Gasteiger partial charge >= 0.3 is 0 Å². The number of nitrogens with zero attached hydrogens (tertiary/aromatic N) is 2. The number of hydrogen-bond acceptors (Lipinski definition) is 4. The summed E-state index contributed by atoms with van der Waals surface area (Å²) in [5, 5.41) is 3.97. The molecule has 0 aromatic carbocycles. The highest BCUT2D eigenvalue weighted by molar-refractivity contribution is 6.30. The van der Waals surface area contributed by atoms with Crippen LogP contribution in [0, 0.1) is 6.92 Å². The lowest BCUT2D eigenvalue weighted by Gasteiger charge is -2.17. The second kappa shape index (κ2) is 7.46. The molecule has 1 N–H and O–H groups in total. The van der Waals surface area contributed by atoms with Crippen LogP contribution in [0.3, 0.4) is 0 Å².